The largest absolute Gasteiger partial charge is 0.458 e. The zero-order chi connectivity index (χ0) is 30.9. The van der Waals surface area contributed by atoms with Crippen LogP contribution >= 0.6 is 12.4 Å². The highest BCUT2D eigenvalue weighted by Gasteiger charge is 2.42. The number of hydrogen-bond donors (Lipinski definition) is 1. The van der Waals surface area contributed by atoms with Gasteiger partial charge in [0.05, 0.1) is 18.3 Å². The molecule has 1 N–H and O–H groups in total. The zero-order valence-electron chi connectivity index (χ0n) is 23.4. The van der Waals surface area contributed by atoms with Gasteiger partial charge in [-0.2, -0.15) is 13.2 Å². The third-order valence-electron chi connectivity index (χ3n) is 5.85. The number of carbonyl (C=O) groups excluding carboxylic acids is 3. The Kier molecular flexibility index (Phi) is 10.9. The molecule has 0 radical (unpaired) electrons. The van der Waals surface area contributed by atoms with Gasteiger partial charge in [-0.05, 0) is 52.7 Å². The summed E-state index contributed by atoms with van der Waals surface area (Å²) in [5.41, 5.74) is -2.04. The molecule has 2 aromatic rings. The molecule has 0 aliphatic carbocycles. The van der Waals surface area contributed by atoms with E-state index in [0.29, 0.717) is 12.1 Å². The van der Waals surface area contributed by atoms with Crippen LogP contribution in [0.3, 0.4) is 0 Å². The Labute approximate surface area is 243 Å². The molecule has 1 aromatic carbocycles. The van der Waals surface area contributed by atoms with Crippen molar-refractivity contribution in [3.05, 3.63) is 52.4 Å². The van der Waals surface area contributed by atoms with E-state index in [4.69, 9.17) is 9.47 Å². The maximum Gasteiger partial charge on any atom is 0.449 e. The second-order valence-corrected chi connectivity index (χ2v) is 10.8. The lowest BCUT2D eigenvalue weighted by atomic mass is 10.0. The van der Waals surface area contributed by atoms with Gasteiger partial charge in [0.25, 0.3) is 0 Å². The smallest absolute Gasteiger partial charge is 0.449 e. The Morgan fingerprint density at radius 1 is 1.02 bits per heavy atom. The number of benzene rings is 1. The van der Waals surface area contributed by atoms with Crippen molar-refractivity contribution in [2.24, 2.45) is 0 Å². The first kappa shape index (κ1) is 34.7. The van der Waals surface area contributed by atoms with Crippen LogP contribution in [0.1, 0.15) is 68.6 Å². The maximum absolute atomic E-state index is 14.4. The summed E-state index contributed by atoms with van der Waals surface area (Å²) in [6.07, 6.45) is -7.45. The predicted octanol–water partition coefficient (Wildman–Crippen LogP) is 5.17. The number of hydrogen-bond acceptors (Lipinski definition) is 6. The number of nitrogens with zero attached hydrogens (tertiary/aromatic N) is 3. The Hall–Kier alpha value is -3.49. The fourth-order valence-corrected chi connectivity index (χ4v) is 4.20. The Morgan fingerprint density at radius 2 is 1.64 bits per heavy atom. The Balaban J connectivity index is 0.00000616. The minimum absolute atomic E-state index is 0. The predicted molar refractivity (Wildman–Crippen MR) is 138 cm³/mol. The number of esters is 1. The van der Waals surface area contributed by atoms with Gasteiger partial charge in [0.15, 0.2) is 17.3 Å². The van der Waals surface area contributed by atoms with Gasteiger partial charge in [-0.25, -0.2) is 27.7 Å². The van der Waals surface area contributed by atoms with Crippen molar-refractivity contribution in [2.75, 3.05) is 6.54 Å². The average Bonchev–Trinajstić information content (AvgIpc) is 3.20. The van der Waals surface area contributed by atoms with Gasteiger partial charge in [-0.3, -0.25) is 4.79 Å². The molecule has 2 amide bonds. The number of amides is 2. The minimum Gasteiger partial charge on any atom is -0.458 e. The lowest BCUT2D eigenvalue weighted by molar-refractivity contribution is -0.148. The number of halogens is 7. The fraction of sp³-hybridized carbons (Fsp3) is 0.538. The number of carbonyl (C=O) groups is 3. The highest BCUT2D eigenvalue weighted by atomic mass is 35.5. The molecule has 0 bridgehead atoms. The second kappa shape index (κ2) is 13.2. The zero-order valence-corrected chi connectivity index (χ0v) is 24.2. The van der Waals surface area contributed by atoms with E-state index in [1.54, 1.807) is 20.8 Å². The third-order valence-corrected chi connectivity index (χ3v) is 5.85. The van der Waals surface area contributed by atoms with E-state index in [1.165, 1.54) is 13.8 Å². The van der Waals surface area contributed by atoms with Crippen molar-refractivity contribution in [1.29, 1.82) is 0 Å². The van der Waals surface area contributed by atoms with E-state index in [-0.39, 0.29) is 36.8 Å². The highest BCUT2D eigenvalue weighted by Crippen LogP contribution is 2.33. The first-order valence-electron chi connectivity index (χ1n) is 12.6. The molecule has 0 spiro atoms. The molecule has 1 unspecified atom stereocenters. The van der Waals surface area contributed by atoms with Crippen molar-refractivity contribution < 1.29 is 50.2 Å². The number of nitrogens with one attached hydrogen (secondary N) is 1. The molecule has 42 heavy (non-hydrogen) atoms. The number of rotatable bonds is 7. The third kappa shape index (κ3) is 8.76. The summed E-state index contributed by atoms with van der Waals surface area (Å²) in [7, 11) is 0. The lowest BCUT2D eigenvalue weighted by Gasteiger charge is -2.31. The average molecular weight is 629 g/mol. The van der Waals surface area contributed by atoms with Crippen LogP contribution in [0.15, 0.2) is 12.1 Å². The quantitative estimate of drug-likeness (QED) is 0.258. The summed E-state index contributed by atoms with van der Waals surface area (Å²) < 4.78 is 93.5. The SMILES string of the molecule is CC(C)OC(=O)c1nc(C(F)(F)F)n2c1CN(C(=O)CC(Cc1cc(F)c(F)cc1F)NC(=O)OC(C)(C)C)CC2.Cl. The van der Waals surface area contributed by atoms with Crippen molar-refractivity contribution in [3.8, 4) is 0 Å². The highest BCUT2D eigenvalue weighted by molar-refractivity contribution is 5.89. The van der Waals surface area contributed by atoms with Crippen LogP contribution in [0.2, 0.25) is 0 Å². The summed E-state index contributed by atoms with van der Waals surface area (Å²) in [6.45, 7) is 6.76. The van der Waals surface area contributed by atoms with Crippen LogP contribution in [0.4, 0.5) is 31.1 Å². The number of alkyl halides is 3. The molecule has 1 atom stereocenters. The van der Waals surface area contributed by atoms with Gasteiger partial charge in [0, 0.05) is 31.6 Å². The van der Waals surface area contributed by atoms with E-state index < -0.39 is 90.2 Å². The number of ether oxygens (including phenoxy) is 2. The Morgan fingerprint density at radius 3 is 2.21 bits per heavy atom. The first-order valence-corrected chi connectivity index (χ1v) is 12.6. The monoisotopic (exact) mass is 628 g/mol. The van der Waals surface area contributed by atoms with Crippen molar-refractivity contribution in [1.82, 2.24) is 19.8 Å². The number of alkyl carbamates (subject to hydrolysis) is 1. The topological polar surface area (TPSA) is 103 Å². The van der Waals surface area contributed by atoms with Gasteiger partial charge < -0.3 is 24.3 Å². The van der Waals surface area contributed by atoms with E-state index in [9.17, 15) is 40.7 Å². The molecule has 9 nitrogen and oxygen atoms in total. The summed E-state index contributed by atoms with van der Waals surface area (Å²) in [5.74, 6) is -6.95. The van der Waals surface area contributed by atoms with Gasteiger partial charge in [0.2, 0.25) is 11.7 Å². The summed E-state index contributed by atoms with van der Waals surface area (Å²) >= 11 is 0. The van der Waals surface area contributed by atoms with Crippen LogP contribution in [0.5, 0.6) is 0 Å². The van der Waals surface area contributed by atoms with Crippen molar-refractivity contribution >= 4 is 30.4 Å². The van der Waals surface area contributed by atoms with E-state index in [2.05, 4.69) is 10.3 Å². The number of imidazole rings is 1. The van der Waals surface area contributed by atoms with Crippen molar-refractivity contribution in [2.45, 2.75) is 84.5 Å². The van der Waals surface area contributed by atoms with Crippen LogP contribution in [0.25, 0.3) is 0 Å². The Bertz CT molecular complexity index is 1330. The van der Waals surface area contributed by atoms with Gasteiger partial charge in [-0.1, -0.05) is 0 Å². The molecule has 0 saturated carbocycles. The summed E-state index contributed by atoms with van der Waals surface area (Å²) in [4.78, 5) is 42.9. The van der Waals surface area contributed by atoms with Crippen molar-refractivity contribution in [3.63, 3.8) is 0 Å². The first-order chi connectivity index (χ1) is 18.9. The fourth-order valence-electron chi connectivity index (χ4n) is 4.20. The standard InChI is InChI=1S/C26H30F6N4O5.ClH/c1-13(2)40-22(38)21-19-12-35(6-7-36(19)23(34-21)26(30,31)32)20(37)10-15(33-24(39)41-25(3,4)5)8-14-9-17(28)18(29)11-16(14)27;/h9,11,13,15H,6-8,10,12H2,1-5H3,(H,33,39);1H. The van der Waals surface area contributed by atoms with E-state index in [1.807, 2.05) is 0 Å². The molecular weight excluding hydrogens is 598 g/mol. The van der Waals surface area contributed by atoms with Crippen LogP contribution < -0.4 is 5.32 Å². The molecule has 0 fully saturated rings. The van der Waals surface area contributed by atoms with Crippen LogP contribution in [-0.4, -0.2) is 56.7 Å². The van der Waals surface area contributed by atoms with Crippen LogP contribution in [0, 0.1) is 17.5 Å². The molecule has 0 saturated heterocycles. The van der Waals surface area contributed by atoms with Crippen LogP contribution in [-0.2, 0) is 40.0 Å². The molecule has 3 rings (SSSR count). The maximum atomic E-state index is 14.4. The number of aromatic nitrogens is 2. The lowest BCUT2D eigenvalue weighted by Crippen LogP contribution is -2.45. The second-order valence-electron chi connectivity index (χ2n) is 10.8. The number of fused-ring (bicyclic) bond motifs is 1. The minimum atomic E-state index is -4.88. The molecule has 1 aliphatic rings. The van der Waals surface area contributed by atoms with E-state index in [0.717, 1.165) is 9.47 Å². The molecule has 2 heterocycles. The summed E-state index contributed by atoms with van der Waals surface area (Å²) in [6, 6.07) is -0.248. The van der Waals surface area contributed by atoms with E-state index >= 15 is 0 Å². The van der Waals surface area contributed by atoms with Gasteiger partial charge in [0.1, 0.15) is 11.4 Å². The van der Waals surface area contributed by atoms with Gasteiger partial charge in [-0.15, -0.1) is 12.4 Å². The molecule has 16 heteroatoms. The molecule has 234 valence electrons. The molecule has 1 aromatic heterocycles. The molecular formula is C26H31ClF6N4O5. The van der Waals surface area contributed by atoms with Gasteiger partial charge >= 0.3 is 18.2 Å². The molecule has 1 aliphatic heterocycles. The summed E-state index contributed by atoms with van der Waals surface area (Å²) in [5, 5.41) is 2.42. The normalized spacial score (nSPS) is 14.1.